The van der Waals surface area contributed by atoms with Crippen LogP contribution in [0.25, 0.3) is 0 Å². The molecule has 0 spiro atoms. The van der Waals surface area contributed by atoms with Crippen LogP contribution >= 0.6 is 11.6 Å². The molecule has 0 bridgehead atoms. The van der Waals surface area contributed by atoms with E-state index >= 15 is 0 Å². The minimum absolute atomic E-state index is 0.0706. The van der Waals surface area contributed by atoms with Gasteiger partial charge in [0.1, 0.15) is 5.75 Å². The Balaban J connectivity index is 2.08. The molecule has 1 aromatic carbocycles. The molecule has 1 fully saturated rings. The number of rotatable bonds is 4. The van der Waals surface area contributed by atoms with E-state index in [2.05, 4.69) is 0 Å². The number of alkyl halides is 1. The molecule has 1 saturated heterocycles. The van der Waals surface area contributed by atoms with Gasteiger partial charge >= 0.3 is 0 Å². The van der Waals surface area contributed by atoms with Crippen LogP contribution in [0.15, 0.2) is 24.3 Å². The van der Waals surface area contributed by atoms with Crippen LogP contribution in [-0.4, -0.2) is 35.9 Å². The van der Waals surface area contributed by atoms with E-state index in [-0.39, 0.29) is 11.9 Å². The second kappa shape index (κ2) is 6.10. The average Bonchev–Trinajstić information content (AvgIpc) is 2.87. The van der Waals surface area contributed by atoms with Gasteiger partial charge in [0.2, 0.25) is 0 Å². The Morgan fingerprint density at radius 1 is 1.44 bits per heavy atom. The van der Waals surface area contributed by atoms with Crippen LogP contribution in [0.1, 0.15) is 30.1 Å². The van der Waals surface area contributed by atoms with Gasteiger partial charge in [-0.2, -0.15) is 0 Å². The van der Waals surface area contributed by atoms with Gasteiger partial charge in [0.05, 0.1) is 6.61 Å². The maximum atomic E-state index is 12.3. The van der Waals surface area contributed by atoms with Crippen molar-refractivity contribution in [1.29, 1.82) is 0 Å². The summed E-state index contributed by atoms with van der Waals surface area (Å²) in [6.07, 6.45) is 2.05. The number of halogens is 1. The van der Waals surface area contributed by atoms with Gasteiger partial charge in [-0.05, 0) is 44.0 Å². The van der Waals surface area contributed by atoms with Gasteiger partial charge in [0.25, 0.3) is 5.91 Å². The molecule has 98 valence electrons. The summed E-state index contributed by atoms with van der Waals surface area (Å²) in [6, 6.07) is 7.49. The zero-order valence-corrected chi connectivity index (χ0v) is 11.3. The van der Waals surface area contributed by atoms with Gasteiger partial charge in [0, 0.05) is 24.0 Å². The number of hydrogen-bond donors (Lipinski definition) is 0. The predicted octanol–water partition coefficient (Wildman–Crippen LogP) is 2.93. The molecule has 0 aliphatic carbocycles. The highest BCUT2D eigenvalue weighted by Gasteiger charge is 2.28. The van der Waals surface area contributed by atoms with Crippen LogP contribution in [-0.2, 0) is 0 Å². The lowest BCUT2D eigenvalue weighted by atomic mass is 10.1. The lowest BCUT2D eigenvalue weighted by Gasteiger charge is -2.23. The van der Waals surface area contributed by atoms with Crippen LogP contribution < -0.4 is 4.74 Å². The van der Waals surface area contributed by atoms with E-state index in [1.807, 2.05) is 36.1 Å². The number of amides is 1. The summed E-state index contributed by atoms with van der Waals surface area (Å²) in [5.74, 6) is 1.38. The quantitative estimate of drug-likeness (QED) is 0.785. The zero-order chi connectivity index (χ0) is 13.0. The Hall–Kier alpha value is -1.22. The summed E-state index contributed by atoms with van der Waals surface area (Å²) in [5.41, 5.74) is 0.704. The van der Waals surface area contributed by atoms with E-state index in [4.69, 9.17) is 16.3 Å². The summed E-state index contributed by atoms with van der Waals surface area (Å²) in [5, 5.41) is 0. The highest BCUT2D eigenvalue weighted by Crippen LogP contribution is 2.22. The Labute approximate surface area is 113 Å². The molecule has 1 amide bonds. The van der Waals surface area contributed by atoms with E-state index in [9.17, 15) is 4.79 Å². The molecule has 2 rings (SSSR count). The van der Waals surface area contributed by atoms with Crippen molar-refractivity contribution in [3.8, 4) is 5.75 Å². The Kier molecular flexibility index (Phi) is 4.48. The third kappa shape index (κ3) is 2.78. The van der Waals surface area contributed by atoms with Gasteiger partial charge in [-0.3, -0.25) is 4.79 Å². The minimum atomic E-state index is 0.0706. The van der Waals surface area contributed by atoms with Crippen molar-refractivity contribution in [2.75, 3.05) is 19.0 Å². The van der Waals surface area contributed by atoms with Crippen LogP contribution in [0.5, 0.6) is 5.75 Å². The standard InChI is InChI=1S/C14H18ClNO2/c1-2-18-13-7-5-11(6-8-13)14(17)16-9-3-4-12(16)10-15/h5-8,12H,2-4,9-10H2,1H3. The van der Waals surface area contributed by atoms with Crippen LogP contribution in [0, 0.1) is 0 Å². The molecular weight excluding hydrogens is 250 g/mol. The van der Waals surface area contributed by atoms with Crippen molar-refractivity contribution in [1.82, 2.24) is 4.90 Å². The minimum Gasteiger partial charge on any atom is -0.494 e. The van der Waals surface area contributed by atoms with Crippen molar-refractivity contribution in [3.05, 3.63) is 29.8 Å². The van der Waals surface area contributed by atoms with Crippen LogP contribution in [0.4, 0.5) is 0 Å². The molecule has 1 heterocycles. The number of carbonyl (C=O) groups excluding carboxylic acids is 1. The van der Waals surface area contributed by atoms with E-state index in [1.54, 1.807) is 0 Å². The highest BCUT2D eigenvalue weighted by molar-refractivity contribution is 6.18. The Bertz CT molecular complexity index is 405. The van der Waals surface area contributed by atoms with Gasteiger partial charge in [-0.15, -0.1) is 11.6 Å². The second-order valence-electron chi connectivity index (χ2n) is 4.41. The van der Waals surface area contributed by atoms with Crippen molar-refractivity contribution in [3.63, 3.8) is 0 Å². The SMILES string of the molecule is CCOc1ccc(C(=O)N2CCCC2CCl)cc1. The molecule has 18 heavy (non-hydrogen) atoms. The molecule has 4 heteroatoms. The van der Waals surface area contributed by atoms with E-state index < -0.39 is 0 Å². The number of benzene rings is 1. The summed E-state index contributed by atoms with van der Waals surface area (Å²) >= 11 is 5.89. The third-order valence-corrected chi connectivity index (χ3v) is 3.58. The Morgan fingerprint density at radius 2 is 2.17 bits per heavy atom. The molecule has 1 atom stereocenters. The van der Waals surface area contributed by atoms with Gasteiger partial charge in [0.15, 0.2) is 0 Å². The summed E-state index contributed by atoms with van der Waals surface area (Å²) in [6.45, 7) is 3.38. The largest absolute Gasteiger partial charge is 0.494 e. The molecule has 3 nitrogen and oxygen atoms in total. The van der Waals surface area contributed by atoms with E-state index in [0.29, 0.717) is 18.1 Å². The molecular formula is C14H18ClNO2. The normalized spacial score (nSPS) is 19.0. The fourth-order valence-electron chi connectivity index (χ4n) is 2.29. The lowest BCUT2D eigenvalue weighted by Crippen LogP contribution is -2.36. The van der Waals surface area contributed by atoms with Crippen LogP contribution in [0.2, 0.25) is 0 Å². The first-order valence-corrected chi connectivity index (χ1v) is 6.89. The maximum absolute atomic E-state index is 12.3. The first kappa shape index (κ1) is 13.2. The second-order valence-corrected chi connectivity index (χ2v) is 4.71. The van der Waals surface area contributed by atoms with Gasteiger partial charge < -0.3 is 9.64 Å². The number of carbonyl (C=O) groups is 1. The topological polar surface area (TPSA) is 29.5 Å². The van der Waals surface area contributed by atoms with Crippen molar-refractivity contribution >= 4 is 17.5 Å². The van der Waals surface area contributed by atoms with Crippen LogP contribution in [0.3, 0.4) is 0 Å². The number of nitrogens with zero attached hydrogens (tertiary/aromatic N) is 1. The zero-order valence-electron chi connectivity index (χ0n) is 10.6. The third-order valence-electron chi connectivity index (χ3n) is 3.23. The average molecular weight is 268 g/mol. The van der Waals surface area contributed by atoms with Crippen molar-refractivity contribution in [2.45, 2.75) is 25.8 Å². The van der Waals surface area contributed by atoms with Crippen molar-refractivity contribution in [2.24, 2.45) is 0 Å². The number of ether oxygens (including phenoxy) is 1. The smallest absolute Gasteiger partial charge is 0.254 e. The predicted molar refractivity (Wildman–Crippen MR) is 72.4 cm³/mol. The molecule has 0 aromatic heterocycles. The lowest BCUT2D eigenvalue weighted by molar-refractivity contribution is 0.0749. The number of hydrogen-bond acceptors (Lipinski definition) is 2. The molecule has 0 saturated carbocycles. The molecule has 1 aliphatic heterocycles. The first-order chi connectivity index (χ1) is 8.76. The van der Waals surface area contributed by atoms with Gasteiger partial charge in [-0.1, -0.05) is 0 Å². The first-order valence-electron chi connectivity index (χ1n) is 6.36. The molecule has 1 aliphatic rings. The summed E-state index contributed by atoms with van der Waals surface area (Å²) in [7, 11) is 0. The maximum Gasteiger partial charge on any atom is 0.254 e. The van der Waals surface area contributed by atoms with E-state index in [0.717, 1.165) is 25.1 Å². The molecule has 0 N–H and O–H groups in total. The van der Waals surface area contributed by atoms with E-state index in [1.165, 1.54) is 0 Å². The molecule has 0 radical (unpaired) electrons. The summed E-state index contributed by atoms with van der Waals surface area (Å²) in [4.78, 5) is 14.2. The molecule has 1 unspecified atom stereocenters. The fourth-order valence-corrected chi connectivity index (χ4v) is 2.61. The van der Waals surface area contributed by atoms with Crippen molar-refractivity contribution < 1.29 is 9.53 Å². The Morgan fingerprint density at radius 3 is 2.78 bits per heavy atom. The number of likely N-dealkylation sites (tertiary alicyclic amines) is 1. The fraction of sp³-hybridized carbons (Fsp3) is 0.500. The molecule has 1 aromatic rings. The monoisotopic (exact) mass is 267 g/mol. The van der Waals surface area contributed by atoms with Gasteiger partial charge in [-0.25, -0.2) is 0 Å². The highest BCUT2D eigenvalue weighted by atomic mass is 35.5. The summed E-state index contributed by atoms with van der Waals surface area (Å²) < 4.78 is 5.36.